The molecule has 0 saturated carbocycles. The Morgan fingerprint density at radius 3 is 2.65 bits per heavy atom. The van der Waals surface area contributed by atoms with Crippen molar-refractivity contribution in [2.24, 2.45) is 0 Å². The van der Waals surface area contributed by atoms with Crippen molar-refractivity contribution in [1.29, 1.82) is 0 Å². The van der Waals surface area contributed by atoms with Gasteiger partial charge in [0.15, 0.2) is 6.61 Å². The van der Waals surface area contributed by atoms with E-state index in [2.05, 4.69) is 10.6 Å². The minimum absolute atomic E-state index is 0.0415. The quantitative estimate of drug-likeness (QED) is 0.849. The number of rotatable bonds is 6. The third kappa shape index (κ3) is 5.80. The van der Waals surface area contributed by atoms with E-state index in [-0.39, 0.29) is 18.1 Å². The molecule has 0 spiro atoms. The van der Waals surface area contributed by atoms with Crippen molar-refractivity contribution in [3.63, 3.8) is 0 Å². The molecule has 0 aliphatic rings. The van der Waals surface area contributed by atoms with E-state index in [1.54, 1.807) is 6.07 Å². The fourth-order valence-corrected chi connectivity index (χ4v) is 1.95. The molecule has 1 aromatic rings. The van der Waals surface area contributed by atoms with Gasteiger partial charge in [0.1, 0.15) is 5.75 Å². The highest BCUT2D eigenvalue weighted by atomic mass is 35.5. The van der Waals surface area contributed by atoms with Crippen molar-refractivity contribution >= 4 is 17.5 Å². The Morgan fingerprint density at radius 2 is 2.05 bits per heavy atom. The SMILES string of the molecule is CCNCc1cccc(Cl)c1OCC(=O)NC(C)(C)C. The first-order valence-corrected chi connectivity index (χ1v) is 7.13. The molecule has 0 unspecified atom stereocenters. The topological polar surface area (TPSA) is 50.4 Å². The summed E-state index contributed by atoms with van der Waals surface area (Å²) in [7, 11) is 0. The fourth-order valence-electron chi connectivity index (χ4n) is 1.71. The van der Waals surface area contributed by atoms with Gasteiger partial charge in [0, 0.05) is 17.6 Å². The summed E-state index contributed by atoms with van der Waals surface area (Å²) in [5.41, 5.74) is 0.677. The van der Waals surface area contributed by atoms with E-state index < -0.39 is 0 Å². The van der Waals surface area contributed by atoms with Crippen molar-refractivity contribution in [3.8, 4) is 5.75 Å². The molecule has 0 aliphatic carbocycles. The van der Waals surface area contributed by atoms with E-state index in [9.17, 15) is 4.79 Å². The summed E-state index contributed by atoms with van der Waals surface area (Å²) in [5.74, 6) is 0.408. The monoisotopic (exact) mass is 298 g/mol. The highest BCUT2D eigenvalue weighted by molar-refractivity contribution is 6.32. The van der Waals surface area contributed by atoms with Crippen LogP contribution in [0.3, 0.4) is 0 Å². The fraction of sp³-hybridized carbons (Fsp3) is 0.533. The molecule has 0 aromatic heterocycles. The van der Waals surface area contributed by atoms with Gasteiger partial charge in [-0.25, -0.2) is 0 Å². The Labute approximate surface area is 125 Å². The summed E-state index contributed by atoms with van der Waals surface area (Å²) >= 11 is 6.14. The zero-order valence-corrected chi connectivity index (χ0v) is 13.3. The van der Waals surface area contributed by atoms with Gasteiger partial charge in [-0.2, -0.15) is 0 Å². The number of para-hydroxylation sites is 1. The van der Waals surface area contributed by atoms with Gasteiger partial charge in [-0.05, 0) is 33.4 Å². The summed E-state index contributed by atoms with van der Waals surface area (Å²) in [4.78, 5) is 11.8. The molecule has 5 heteroatoms. The first-order chi connectivity index (χ1) is 9.33. The average molecular weight is 299 g/mol. The zero-order chi connectivity index (χ0) is 15.2. The molecule has 0 bridgehead atoms. The molecular formula is C15H23ClN2O2. The van der Waals surface area contributed by atoms with Gasteiger partial charge in [0.05, 0.1) is 5.02 Å². The Bertz CT molecular complexity index is 456. The smallest absolute Gasteiger partial charge is 0.258 e. The molecule has 0 heterocycles. The molecule has 1 amide bonds. The van der Waals surface area contributed by atoms with E-state index in [0.29, 0.717) is 17.3 Å². The number of benzene rings is 1. The number of ether oxygens (including phenoxy) is 1. The van der Waals surface area contributed by atoms with E-state index in [1.165, 1.54) is 0 Å². The number of carbonyl (C=O) groups is 1. The maximum Gasteiger partial charge on any atom is 0.258 e. The lowest BCUT2D eigenvalue weighted by molar-refractivity contribution is -0.124. The molecule has 0 atom stereocenters. The number of nitrogens with one attached hydrogen (secondary N) is 2. The molecule has 0 radical (unpaired) electrons. The second kappa shape index (κ2) is 7.50. The zero-order valence-electron chi connectivity index (χ0n) is 12.5. The van der Waals surface area contributed by atoms with Gasteiger partial charge in [-0.15, -0.1) is 0 Å². The first-order valence-electron chi connectivity index (χ1n) is 6.75. The number of amides is 1. The molecule has 0 fully saturated rings. The predicted molar refractivity (Wildman–Crippen MR) is 82.2 cm³/mol. The Balaban J connectivity index is 2.69. The largest absolute Gasteiger partial charge is 0.482 e. The van der Waals surface area contributed by atoms with Crippen LogP contribution in [0, 0.1) is 0 Å². The van der Waals surface area contributed by atoms with Crippen LogP contribution in [-0.4, -0.2) is 24.6 Å². The lowest BCUT2D eigenvalue weighted by Crippen LogP contribution is -2.43. The lowest BCUT2D eigenvalue weighted by Gasteiger charge is -2.21. The van der Waals surface area contributed by atoms with E-state index in [4.69, 9.17) is 16.3 Å². The van der Waals surface area contributed by atoms with Gasteiger partial charge in [0.25, 0.3) is 5.91 Å². The van der Waals surface area contributed by atoms with Crippen LogP contribution in [0.25, 0.3) is 0 Å². The van der Waals surface area contributed by atoms with Gasteiger partial charge in [0.2, 0.25) is 0 Å². The third-order valence-electron chi connectivity index (χ3n) is 2.48. The molecule has 1 rings (SSSR count). The van der Waals surface area contributed by atoms with Crippen LogP contribution >= 0.6 is 11.6 Å². The second-order valence-electron chi connectivity index (χ2n) is 5.60. The molecule has 20 heavy (non-hydrogen) atoms. The molecule has 0 aliphatic heterocycles. The highest BCUT2D eigenvalue weighted by Crippen LogP contribution is 2.28. The predicted octanol–water partition coefficient (Wildman–Crippen LogP) is 2.74. The standard InChI is InChI=1S/C15H23ClN2O2/c1-5-17-9-11-7-6-8-12(16)14(11)20-10-13(19)18-15(2,3)4/h6-8,17H,5,9-10H2,1-4H3,(H,18,19). The third-order valence-corrected chi connectivity index (χ3v) is 2.77. The molecule has 1 aromatic carbocycles. The normalized spacial score (nSPS) is 11.2. The van der Waals surface area contributed by atoms with Crippen molar-refractivity contribution in [1.82, 2.24) is 10.6 Å². The van der Waals surface area contributed by atoms with Crippen LogP contribution in [-0.2, 0) is 11.3 Å². The maximum atomic E-state index is 11.8. The minimum atomic E-state index is -0.270. The average Bonchev–Trinajstić information content (AvgIpc) is 2.33. The van der Waals surface area contributed by atoms with Crippen LogP contribution in [0.1, 0.15) is 33.3 Å². The number of hydrogen-bond acceptors (Lipinski definition) is 3. The van der Waals surface area contributed by atoms with E-state index in [0.717, 1.165) is 12.1 Å². The number of carbonyl (C=O) groups excluding carboxylic acids is 1. The molecule has 112 valence electrons. The minimum Gasteiger partial charge on any atom is -0.482 e. The Morgan fingerprint density at radius 1 is 1.35 bits per heavy atom. The van der Waals surface area contributed by atoms with Crippen LogP contribution in [0.2, 0.25) is 5.02 Å². The van der Waals surface area contributed by atoms with E-state index >= 15 is 0 Å². The Kier molecular flexibility index (Phi) is 6.30. The molecular weight excluding hydrogens is 276 g/mol. The van der Waals surface area contributed by atoms with E-state index in [1.807, 2.05) is 39.8 Å². The first kappa shape index (κ1) is 16.8. The van der Waals surface area contributed by atoms with Crippen molar-refractivity contribution < 1.29 is 9.53 Å². The summed E-state index contributed by atoms with van der Waals surface area (Å²) < 4.78 is 5.59. The molecule has 2 N–H and O–H groups in total. The van der Waals surface area contributed by atoms with Gasteiger partial charge >= 0.3 is 0 Å². The number of hydrogen-bond donors (Lipinski definition) is 2. The maximum absolute atomic E-state index is 11.8. The second-order valence-corrected chi connectivity index (χ2v) is 6.00. The van der Waals surface area contributed by atoms with Crippen LogP contribution in [0.15, 0.2) is 18.2 Å². The van der Waals surface area contributed by atoms with Gasteiger partial charge < -0.3 is 15.4 Å². The summed E-state index contributed by atoms with van der Waals surface area (Å²) in [5, 5.41) is 6.59. The van der Waals surface area contributed by atoms with Crippen LogP contribution in [0.5, 0.6) is 5.75 Å². The molecule has 4 nitrogen and oxygen atoms in total. The lowest BCUT2D eigenvalue weighted by atomic mass is 10.1. The molecule has 0 saturated heterocycles. The van der Waals surface area contributed by atoms with Crippen molar-refractivity contribution in [3.05, 3.63) is 28.8 Å². The summed E-state index contributed by atoms with van der Waals surface area (Å²) in [6, 6.07) is 5.57. The number of halogens is 1. The van der Waals surface area contributed by atoms with Gasteiger partial charge in [-0.1, -0.05) is 30.7 Å². The van der Waals surface area contributed by atoms with Crippen LogP contribution in [0.4, 0.5) is 0 Å². The Hall–Kier alpha value is -1.26. The van der Waals surface area contributed by atoms with Crippen molar-refractivity contribution in [2.75, 3.05) is 13.2 Å². The van der Waals surface area contributed by atoms with Gasteiger partial charge in [-0.3, -0.25) is 4.79 Å². The summed E-state index contributed by atoms with van der Waals surface area (Å²) in [6.45, 7) is 9.29. The highest BCUT2D eigenvalue weighted by Gasteiger charge is 2.15. The summed E-state index contributed by atoms with van der Waals surface area (Å²) in [6.07, 6.45) is 0. The van der Waals surface area contributed by atoms with Crippen LogP contribution < -0.4 is 15.4 Å². The van der Waals surface area contributed by atoms with Crippen molar-refractivity contribution in [2.45, 2.75) is 39.8 Å².